The van der Waals surface area contributed by atoms with Crippen LogP contribution in [0.5, 0.6) is 5.75 Å². The van der Waals surface area contributed by atoms with Gasteiger partial charge >= 0.3 is 6.03 Å². The van der Waals surface area contributed by atoms with E-state index in [9.17, 15) is 4.79 Å². The molecule has 2 heterocycles. The number of carbonyl (C=O) groups is 1. The molecule has 0 saturated carbocycles. The van der Waals surface area contributed by atoms with Crippen molar-refractivity contribution >= 4 is 6.03 Å². The molecule has 0 spiro atoms. The second kappa shape index (κ2) is 11.0. The van der Waals surface area contributed by atoms with Gasteiger partial charge in [-0.15, -0.1) is 0 Å². The van der Waals surface area contributed by atoms with Crippen molar-refractivity contribution in [2.24, 2.45) is 0 Å². The summed E-state index contributed by atoms with van der Waals surface area (Å²) in [5.74, 6) is 2.30. The Kier molecular flexibility index (Phi) is 7.62. The van der Waals surface area contributed by atoms with Crippen LogP contribution in [0.2, 0.25) is 0 Å². The molecule has 33 heavy (non-hydrogen) atoms. The quantitative estimate of drug-likeness (QED) is 0.561. The topological polar surface area (TPSA) is 70.8 Å². The Morgan fingerprint density at radius 1 is 1.06 bits per heavy atom. The highest BCUT2D eigenvalue weighted by atomic mass is 16.5. The lowest BCUT2D eigenvalue weighted by molar-refractivity contribution is 0.134. The van der Waals surface area contributed by atoms with Gasteiger partial charge in [-0.2, -0.15) is 0 Å². The molecule has 1 aliphatic heterocycles. The molecule has 4 rings (SSSR count). The molecule has 3 aromatic rings. The van der Waals surface area contributed by atoms with Crippen molar-refractivity contribution < 1.29 is 13.9 Å². The summed E-state index contributed by atoms with van der Waals surface area (Å²) < 4.78 is 11.4. The molecule has 1 saturated heterocycles. The average Bonchev–Trinajstić information content (AvgIpc) is 3.21. The zero-order valence-corrected chi connectivity index (χ0v) is 19.4. The second-order valence-corrected chi connectivity index (χ2v) is 8.21. The minimum atomic E-state index is 0.0148. The molecule has 7 nitrogen and oxygen atoms in total. The highest BCUT2D eigenvalue weighted by Gasteiger charge is 2.22. The highest BCUT2D eigenvalue weighted by Crippen LogP contribution is 2.25. The van der Waals surface area contributed by atoms with Crippen molar-refractivity contribution in [3.05, 3.63) is 71.6 Å². The molecular formula is C26H32N4O3. The lowest BCUT2D eigenvalue weighted by atomic mass is 10.1. The molecular weight excluding hydrogens is 416 g/mol. The number of aromatic nitrogens is 1. The molecule has 0 aliphatic carbocycles. The number of aryl methyl sites for hydroxylation is 1. The first-order valence-electron chi connectivity index (χ1n) is 11.6. The van der Waals surface area contributed by atoms with E-state index in [1.807, 2.05) is 61.2 Å². The van der Waals surface area contributed by atoms with E-state index in [4.69, 9.17) is 14.1 Å². The predicted molar refractivity (Wildman–Crippen MR) is 128 cm³/mol. The first-order valence-corrected chi connectivity index (χ1v) is 11.6. The molecule has 0 atom stereocenters. The van der Waals surface area contributed by atoms with Gasteiger partial charge in [-0.1, -0.05) is 30.3 Å². The third kappa shape index (κ3) is 6.14. The van der Waals surface area contributed by atoms with Crippen LogP contribution in [0.25, 0.3) is 11.5 Å². The fraction of sp³-hybridized carbons (Fsp3) is 0.385. The number of ether oxygens (including phenoxy) is 1. The first kappa shape index (κ1) is 22.9. The van der Waals surface area contributed by atoms with Crippen LogP contribution in [0, 0.1) is 6.92 Å². The van der Waals surface area contributed by atoms with Crippen LogP contribution >= 0.6 is 0 Å². The zero-order valence-electron chi connectivity index (χ0n) is 19.4. The van der Waals surface area contributed by atoms with Gasteiger partial charge in [0.1, 0.15) is 11.5 Å². The van der Waals surface area contributed by atoms with Crippen molar-refractivity contribution in [2.75, 3.05) is 39.3 Å². The summed E-state index contributed by atoms with van der Waals surface area (Å²) in [6, 6.07) is 18.0. The summed E-state index contributed by atoms with van der Waals surface area (Å²) >= 11 is 0. The van der Waals surface area contributed by atoms with Crippen LogP contribution in [-0.2, 0) is 13.0 Å². The number of rotatable bonds is 8. The number of urea groups is 1. The number of amides is 2. The average molecular weight is 449 g/mol. The van der Waals surface area contributed by atoms with Gasteiger partial charge in [-0.05, 0) is 50.1 Å². The molecule has 2 amide bonds. The molecule has 0 radical (unpaired) electrons. The van der Waals surface area contributed by atoms with Gasteiger partial charge in [-0.25, -0.2) is 9.78 Å². The molecule has 0 bridgehead atoms. The standard InChI is InChI=1S/C26H32N4O3/c1-3-32-23-11-9-22(10-12-23)25-28-24(20(2)33-25)19-29-15-17-30(18-16-29)26(31)27-14-13-21-7-5-4-6-8-21/h4-12H,3,13-19H2,1-2H3,(H,27,31). The Morgan fingerprint density at radius 2 is 1.79 bits per heavy atom. The summed E-state index contributed by atoms with van der Waals surface area (Å²) in [6.07, 6.45) is 0.842. The number of piperazine rings is 1. The number of oxazole rings is 1. The van der Waals surface area contributed by atoms with Gasteiger partial charge in [0.2, 0.25) is 5.89 Å². The summed E-state index contributed by atoms with van der Waals surface area (Å²) in [5, 5.41) is 3.04. The fourth-order valence-electron chi connectivity index (χ4n) is 3.95. The molecule has 1 aliphatic rings. The third-order valence-electron chi connectivity index (χ3n) is 5.87. The van der Waals surface area contributed by atoms with E-state index in [1.165, 1.54) is 5.56 Å². The number of hydrogen-bond donors (Lipinski definition) is 1. The molecule has 0 unspecified atom stereocenters. The van der Waals surface area contributed by atoms with Gasteiger partial charge in [-0.3, -0.25) is 4.90 Å². The van der Waals surface area contributed by atoms with Gasteiger partial charge < -0.3 is 19.4 Å². The van der Waals surface area contributed by atoms with Crippen LogP contribution in [0.15, 0.2) is 59.0 Å². The van der Waals surface area contributed by atoms with Crippen molar-refractivity contribution in [3.63, 3.8) is 0 Å². The second-order valence-electron chi connectivity index (χ2n) is 8.21. The van der Waals surface area contributed by atoms with E-state index in [0.29, 0.717) is 32.1 Å². The lowest BCUT2D eigenvalue weighted by Crippen LogP contribution is -2.51. The Bertz CT molecular complexity index is 1030. The van der Waals surface area contributed by atoms with Crippen LogP contribution < -0.4 is 10.1 Å². The van der Waals surface area contributed by atoms with E-state index in [2.05, 4.69) is 22.3 Å². The minimum Gasteiger partial charge on any atom is -0.494 e. The van der Waals surface area contributed by atoms with Crippen LogP contribution in [-0.4, -0.2) is 60.1 Å². The van der Waals surface area contributed by atoms with Gasteiger partial charge in [0.15, 0.2) is 0 Å². The van der Waals surface area contributed by atoms with Crippen molar-refractivity contribution in [2.45, 2.75) is 26.8 Å². The van der Waals surface area contributed by atoms with E-state index >= 15 is 0 Å². The number of carbonyl (C=O) groups excluding carboxylic acids is 1. The first-order chi connectivity index (χ1) is 16.1. The Labute approximate surface area is 195 Å². The van der Waals surface area contributed by atoms with Crippen molar-refractivity contribution in [1.82, 2.24) is 20.1 Å². The van der Waals surface area contributed by atoms with Crippen LogP contribution in [0.4, 0.5) is 4.79 Å². The van der Waals surface area contributed by atoms with Crippen LogP contribution in [0.1, 0.15) is 23.9 Å². The summed E-state index contributed by atoms with van der Waals surface area (Å²) in [4.78, 5) is 21.4. The van der Waals surface area contributed by atoms with E-state index in [-0.39, 0.29) is 6.03 Å². The smallest absolute Gasteiger partial charge is 0.317 e. The normalized spacial score (nSPS) is 14.3. The lowest BCUT2D eigenvalue weighted by Gasteiger charge is -2.34. The Morgan fingerprint density at radius 3 is 2.48 bits per heavy atom. The van der Waals surface area contributed by atoms with Crippen molar-refractivity contribution in [3.8, 4) is 17.2 Å². The van der Waals surface area contributed by atoms with E-state index in [1.54, 1.807) is 0 Å². The number of nitrogens with one attached hydrogen (secondary N) is 1. The Hall–Kier alpha value is -3.32. The predicted octanol–water partition coefficient (Wildman–Crippen LogP) is 4.12. The summed E-state index contributed by atoms with van der Waals surface area (Å²) in [6.45, 7) is 8.98. The summed E-state index contributed by atoms with van der Waals surface area (Å²) in [7, 11) is 0. The monoisotopic (exact) mass is 448 g/mol. The molecule has 1 fully saturated rings. The Balaban J connectivity index is 1.24. The van der Waals surface area contributed by atoms with Gasteiger partial charge in [0, 0.05) is 44.8 Å². The fourth-order valence-corrected chi connectivity index (χ4v) is 3.95. The number of nitrogens with zero attached hydrogens (tertiary/aromatic N) is 3. The zero-order chi connectivity index (χ0) is 23.0. The van der Waals surface area contributed by atoms with Gasteiger partial charge in [0.25, 0.3) is 0 Å². The molecule has 174 valence electrons. The van der Waals surface area contributed by atoms with Gasteiger partial charge in [0.05, 0.1) is 12.3 Å². The van der Waals surface area contributed by atoms with Crippen molar-refractivity contribution in [1.29, 1.82) is 0 Å². The number of benzene rings is 2. The molecule has 7 heteroatoms. The molecule has 2 aromatic carbocycles. The number of hydrogen-bond acceptors (Lipinski definition) is 5. The van der Waals surface area contributed by atoms with Crippen LogP contribution in [0.3, 0.4) is 0 Å². The maximum absolute atomic E-state index is 12.5. The maximum Gasteiger partial charge on any atom is 0.317 e. The molecule has 1 aromatic heterocycles. The maximum atomic E-state index is 12.5. The highest BCUT2D eigenvalue weighted by molar-refractivity contribution is 5.74. The van der Waals surface area contributed by atoms with E-state index < -0.39 is 0 Å². The SMILES string of the molecule is CCOc1ccc(-c2nc(CN3CCN(C(=O)NCCc4ccccc4)CC3)c(C)o2)cc1. The molecule has 1 N–H and O–H groups in total. The minimum absolute atomic E-state index is 0.0148. The third-order valence-corrected chi connectivity index (χ3v) is 5.87. The summed E-state index contributed by atoms with van der Waals surface area (Å²) in [5.41, 5.74) is 3.11. The van der Waals surface area contributed by atoms with E-state index in [0.717, 1.165) is 48.8 Å². The largest absolute Gasteiger partial charge is 0.494 e.